The highest BCUT2D eigenvalue weighted by molar-refractivity contribution is 7.89. The van der Waals surface area contributed by atoms with Gasteiger partial charge in [-0.25, -0.2) is 17.9 Å². The van der Waals surface area contributed by atoms with Crippen LogP contribution >= 0.6 is 0 Å². The van der Waals surface area contributed by atoms with Crippen molar-refractivity contribution in [1.29, 1.82) is 0 Å². The molecule has 1 atom stereocenters. The number of aromatic carboxylic acids is 1. The van der Waals surface area contributed by atoms with Gasteiger partial charge in [0.15, 0.2) is 0 Å². The van der Waals surface area contributed by atoms with Crippen LogP contribution in [-0.4, -0.2) is 41.8 Å². The minimum atomic E-state index is -4.01. The molecule has 0 fully saturated rings. The lowest BCUT2D eigenvalue weighted by Gasteiger charge is -2.10. The summed E-state index contributed by atoms with van der Waals surface area (Å²) < 4.78 is 37.5. The van der Waals surface area contributed by atoms with Crippen LogP contribution in [0.15, 0.2) is 23.1 Å². The number of carbonyl (C=O) groups is 1. The maximum absolute atomic E-state index is 12.1. The van der Waals surface area contributed by atoms with Crippen molar-refractivity contribution >= 4 is 32.5 Å². The zero-order valence-electron chi connectivity index (χ0n) is 10.8. The van der Waals surface area contributed by atoms with E-state index in [0.29, 0.717) is 5.75 Å². The summed E-state index contributed by atoms with van der Waals surface area (Å²) in [5, 5.41) is 8.99. The predicted octanol–water partition coefficient (Wildman–Crippen LogP) is 0.0139. The standard InChI is InChI=1S/C11H16N2O5S2/c1-2-19(16)6-5-13-20(17,18)10-7-8(12)3-4-9(10)11(14)15/h3-4,7,13H,2,5-6,12H2,1H3,(H,14,15). The van der Waals surface area contributed by atoms with Crippen LogP contribution in [-0.2, 0) is 20.8 Å². The molecule has 0 bridgehead atoms. The minimum Gasteiger partial charge on any atom is -0.478 e. The van der Waals surface area contributed by atoms with E-state index in [0.717, 1.165) is 12.1 Å². The van der Waals surface area contributed by atoms with Gasteiger partial charge in [-0.2, -0.15) is 0 Å². The lowest BCUT2D eigenvalue weighted by molar-refractivity contribution is 0.0692. The van der Waals surface area contributed by atoms with Crippen molar-refractivity contribution in [3.63, 3.8) is 0 Å². The maximum Gasteiger partial charge on any atom is 0.337 e. The molecule has 0 saturated carbocycles. The summed E-state index contributed by atoms with van der Waals surface area (Å²) >= 11 is 0. The molecule has 20 heavy (non-hydrogen) atoms. The first-order valence-electron chi connectivity index (χ1n) is 5.75. The lowest BCUT2D eigenvalue weighted by atomic mass is 10.2. The molecule has 0 heterocycles. The smallest absolute Gasteiger partial charge is 0.337 e. The van der Waals surface area contributed by atoms with Gasteiger partial charge in [-0.1, -0.05) is 6.92 Å². The van der Waals surface area contributed by atoms with Crippen molar-refractivity contribution in [3.05, 3.63) is 23.8 Å². The monoisotopic (exact) mass is 320 g/mol. The van der Waals surface area contributed by atoms with Gasteiger partial charge in [-0.3, -0.25) is 4.21 Å². The zero-order chi connectivity index (χ0) is 15.3. The summed E-state index contributed by atoms with van der Waals surface area (Å²) in [5.74, 6) is -0.761. The van der Waals surface area contributed by atoms with Crippen LogP contribution in [0.25, 0.3) is 0 Å². The van der Waals surface area contributed by atoms with Crippen LogP contribution in [0.1, 0.15) is 17.3 Å². The van der Waals surface area contributed by atoms with Gasteiger partial charge >= 0.3 is 5.97 Å². The van der Waals surface area contributed by atoms with Gasteiger partial charge in [0.2, 0.25) is 10.0 Å². The molecule has 0 aliphatic rings. The molecule has 0 aromatic heterocycles. The molecule has 4 N–H and O–H groups in total. The van der Waals surface area contributed by atoms with Crippen LogP contribution in [0.2, 0.25) is 0 Å². The van der Waals surface area contributed by atoms with Gasteiger partial charge in [0.1, 0.15) is 0 Å². The third kappa shape index (κ3) is 4.29. The molecule has 0 saturated heterocycles. The average molecular weight is 320 g/mol. The van der Waals surface area contributed by atoms with Gasteiger partial charge in [-0.05, 0) is 18.2 Å². The quantitative estimate of drug-likeness (QED) is 0.608. The Kier molecular flexibility index (Phi) is 5.66. The number of rotatable bonds is 7. The van der Waals surface area contributed by atoms with E-state index < -0.39 is 31.7 Å². The first-order chi connectivity index (χ1) is 9.27. The van der Waals surface area contributed by atoms with Crippen LogP contribution in [0.3, 0.4) is 0 Å². The summed E-state index contributed by atoms with van der Waals surface area (Å²) in [5.41, 5.74) is 5.28. The summed E-state index contributed by atoms with van der Waals surface area (Å²) in [7, 11) is -5.11. The summed E-state index contributed by atoms with van der Waals surface area (Å²) in [4.78, 5) is 10.6. The molecule has 1 rings (SSSR count). The van der Waals surface area contributed by atoms with Crippen LogP contribution < -0.4 is 10.5 Å². The summed E-state index contributed by atoms with van der Waals surface area (Å²) in [6.07, 6.45) is 0. The second kappa shape index (κ2) is 6.82. The number of sulfonamides is 1. The fourth-order valence-corrected chi connectivity index (χ4v) is 3.46. The first-order valence-corrected chi connectivity index (χ1v) is 8.72. The number of hydrogen-bond acceptors (Lipinski definition) is 5. The molecule has 9 heteroatoms. The van der Waals surface area contributed by atoms with Crippen LogP contribution in [0.4, 0.5) is 5.69 Å². The molecule has 0 amide bonds. The van der Waals surface area contributed by atoms with Crippen LogP contribution in [0, 0.1) is 0 Å². The summed E-state index contributed by atoms with van der Waals surface area (Å²) in [6, 6.07) is 3.54. The highest BCUT2D eigenvalue weighted by Crippen LogP contribution is 2.19. The number of benzene rings is 1. The van der Waals surface area contributed by atoms with Gasteiger partial charge in [0, 0.05) is 34.5 Å². The Labute approximate surface area is 119 Å². The molecule has 1 unspecified atom stereocenters. The Morgan fingerprint density at radius 2 is 2.10 bits per heavy atom. The van der Waals surface area contributed by atoms with Crippen molar-refractivity contribution in [3.8, 4) is 0 Å². The molecule has 0 radical (unpaired) electrons. The lowest BCUT2D eigenvalue weighted by Crippen LogP contribution is -2.29. The van der Waals surface area contributed by atoms with Gasteiger partial charge in [0.05, 0.1) is 10.5 Å². The zero-order valence-corrected chi connectivity index (χ0v) is 12.5. The number of nitrogen functional groups attached to an aromatic ring is 1. The van der Waals surface area contributed by atoms with E-state index in [-0.39, 0.29) is 23.5 Å². The van der Waals surface area contributed by atoms with E-state index in [1.54, 1.807) is 6.92 Å². The fraction of sp³-hybridized carbons (Fsp3) is 0.364. The van der Waals surface area contributed by atoms with Gasteiger partial charge in [0.25, 0.3) is 0 Å². The second-order valence-corrected chi connectivity index (χ2v) is 7.49. The number of anilines is 1. The fourth-order valence-electron chi connectivity index (χ4n) is 1.45. The van der Waals surface area contributed by atoms with E-state index in [2.05, 4.69) is 4.72 Å². The Morgan fingerprint density at radius 3 is 2.65 bits per heavy atom. The van der Waals surface area contributed by atoms with E-state index in [1.807, 2.05) is 0 Å². The topological polar surface area (TPSA) is 127 Å². The largest absolute Gasteiger partial charge is 0.478 e. The highest BCUT2D eigenvalue weighted by Gasteiger charge is 2.22. The average Bonchev–Trinajstić information content (AvgIpc) is 2.37. The van der Waals surface area contributed by atoms with Crippen LogP contribution in [0.5, 0.6) is 0 Å². The third-order valence-corrected chi connectivity index (χ3v) is 5.27. The molecular formula is C11H16N2O5S2. The molecular weight excluding hydrogens is 304 g/mol. The van der Waals surface area contributed by atoms with Crippen molar-refractivity contribution in [2.75, 3.05) is 23.8 Å². The Morgan fingerprint density at radius 1 is 1.45 bits per heavy atom. The Balaban J connectivity index is 3.00. The number of carboxylic acids is 1. The number of hydrogen-bond donors (Lipinski definition) is 3. The number of carboxylic acid groups (broad SMARTS) is 1. The Bertz CT molecular complexity index is 628. The molecule has 1 aromatic rings. The first kappa shape index (κ1) is 16.6. The SMILES string of the molecule is CCS(=O)CCNS(=O)(=O)c1cc(N)ccc1C(=O)O. The third-order valence-electron chi connectivity index (χ3n) is 2.47. The second-order valence-electron chi connectivity index (χ2n) is 3.89. The van der Waals surface area contributed by atoms with Gasteiger partial charge in [-0.15, -0.1) is 0 Å². The van der Waals surface area contributed by atoms with E-state index in [9.17, 15) is 17.4 Å². The number of nitrogens with one attached hydrogen (secondary N) is 1. The molecule has 0 aliphatic heterocycles. The van der Waals surface area contributed by atoms with Crippen molar-refractivity contribution < 1.29 is 22.5 Å². The van der Waals surface area contributed by atoms with Crippen molar-refractivity contribution in [2.45, 2.75) is 11.8 Å². The molecule has 1 aromatic carbocycles. The Hall–Kier alpha value is -1.45. The minimum absolute atomic E-state index is 0.0311. The van der Waals surface area contributed by atoms with Crippen molar-refractivity contribution in [1.82, 2.24) is 4.72 Å². The van der Waals surface area contributed by atoms with E-state index in [4.69, 9.17) is 10.8 Å². The van der Waals surface area contributed by atoms with Crippen molar-refractivity contribution in [2.24, 2.45) is 0 Å². The molecule has 0 spiro atoms. The van der Waals surface area contributed by atoms with Gasteiger partial charge < -0.3 is 10.8 Å². The van der Waals surface area contributed by atoms with E-state index in [1.165, 1.54) is 6.07 Å². The highest BCUT2D eigenvalue weighted by atomic mass is 32.2. The molecule has 0 aliphatic carbocycles. The number of nitrogens with two attached hydrogens (primary N) is 1. The molecule has 7 nitrogen and oxygen atoms in total. The summed E-state index contributed by atoms with van der Waals surface area (Å²) in [6.45, 7) is 1.70. The predicted molar refractivity (Wildman–Crippen MR) is 76.6 cm³/mol. The molecule has 112 valence electrons. The van der Waals surface area contributed by atoms with E-state index >= 15 is 0 Å². The maximum atomic E-state index is 12.1. The normalized spacial score (nSPS) is 13.1.